The van der Waals surface area contributed by atoms with Crippen LogP contribution < -0.4 is 5.32 Å². The number of hydrogen-bond donors (Lipinski definition) is 1. The Morgan fingerprint density at radius 2 is 2.29 bits per heavy atom. The summed E-state index contributed by atoms with van der Waals surface area (Å²) in [5.41, 5.74) is 2.41. The molecule has 3 heterocycles. The first-order valence-electron chi connectivity index (χ1n) is 7.85. The Kier molecular flexibility index (Phi) is 4.26. The van der Waals surface area contributed by atoms with Crippen molar-refractivity contribution in [2.24, 2.45) is 7.05 Å². The molecule has 0 aliphatic carbocycles. The smallest absolute Gasteiger partial charge is 0.236 e. The Bertz CT molecular complexity index is 512. The normalized spacial score (nSPS) is 24.6. The predicted molar refractivity (Wildman–Crippen MR) is 80.8 cm³/mol. The maximum absolute atomic E-state index is 12.0. The number of carbonyl (C=O) groups is 1. The van der Waals surface area contributed by atoms with Gasteiger partial charge in [0.05, 0.1) is 12.2 Å². The largest absolute Gasteiger partial charge is 0.336 e. The average Bonchev–Trinajstić information content (AvgIpc) is 2.78. The SMILES string of the molecule is Cc1cn(C)nc1CN1CCC[C@H](N2CCNCC2=O)C1. The van der Waals surface area contributed by atoms with Gasteiger partial charge in [0.25, 0.3) is 0 Å². The first-order valence-corrected chi connectivity index (χ1v) is 7.85. The molecule has 1 aromatic rings. The lowest BCUT2D eigenvalue weighted by Gasteiger charge is -2.41. The predicted octanol–water partition coefficient (Wildman–Crippen LogP) is 0.125. The Morgan fingerprint density at radius 3 is 3.00 bits per heavy atom. The van der Waals surface area contributed by atoms with Gasteiger partial charge in [-0.15, -0.1) is 0 Å². The number of nitrogens with one attached hydrogen (secondary N) is 1. The number of piperazine rings is 1. The summed E-state index contributed by atoms with van der Waals surface area (Å²) in [6, 6.07) is 0.373. The zero-order chi connectivity index (χ0) is 14.8. The van der Waals surface area contributed by atoms with Gasteiger partial charge in [-0.2, -0.15) is 5.10 Å². The average molecular weight is 291 g/mol. The third kappa shape index (κ3) is 3.27. The molecule has 6 heteroatoms. The number of rotatable bonds is 3. The summed E-state index contributed by atoms with van der Waals surface area (Å²) in [6.07, 6.45) is 4.35. The molecule has 0 radical (unpaired) electrons. The van der Waals surface area contributed by atoms with E-state index in [9.17, 15) is 4.79 Å². The van der Waals surface area contributed by atoms with Gasteiger partial charge in [-0.3, -0.25) is 14.4 Å². The third-order valence-electron chi connectivity index (χ3n) is 4.53. The minimum absolute atomic E-state index is 0.252. The quantitative estimate of drug-likeness (QED) is 0.860. The van der Waals surface area contributed by atoms with E-state index < -0.39 is 0 Å². The van der Waals surface area contributed by atoms with Crippen LogP contribution in [0.15, 0.2) is 6.20 Å². The molecule has 1 atom stereocenters. The van der Waals surface area contributed by atoms with Crippen LogP contribution in [0.4, 0.5) is 0 Å². The molecule has 2 fully saturated rings. The molecule has 1 N–H and O–H groups in total. The second kappa shape index (κ2) is 6.15. The highest BCUT2D eigenvalue weighted by Crippen LogP contribution is 2.19. The molecule has 0 bridgehead atoms. The monoisotopic (exact) mass is 291 g/mol. The van der Waals surface area contributed by atoms with Gasteiger partial charge in [0, 0.05) is 45.5 Å². The third-order valence-corrected chi connectivity index (χ3v) is 4.53. The molecule has 21 heavy (non-hydrogen) atoms. The van der Waals surface area contributed by atoms with Crippen LogP contribution in [0.1, 0.15) is 24.1 Å². The standard InChI is InChI=1S/C15H25N5O/c1-12-9-18(2)17-14(12)11-19-6-3-4-13(10-19)20-7-5-16-8-15(20)21/h9,13,16H,3-8,10-11H2,1-2H3/t13-/m0/s1. The van der Waals surface area contributed by atoms with Crippen molar-refractivity contribution >= 4 is 5.91 Å². The van der Waals surface area contributed by atoms with Gasteiger partial charge < -0.3 is 10.2 Å². The summed E-state index contributed by atoms with van der Waals surface area (Å²) in [6.45, 7) is 7.35. The van der Waals surface area contributed by atoms with Crippen LogP contribution in [0.5, 0.6) is 0 Å². The van der Waals surface area contributed by atoms with E-state index in [1.54, 1.807) is 0 Å². The topological polar surface area (TPSA) is 53.4 Å². The minimum Gasteiger partial charge on any atom is -0.336 e. The number of aryl methyl sites for hydroxylation is 2. The van der Waals surface area contributed by atoms with Gasteiger partial charge in [-0.25, -0.2) is 0 Å². The van der Waals surface area contributed by atoms with Crippen molar-refractivity contribution in [2.75, 3.05) is 32.7 Å². The molecule has 3 rings (SSSR count). The molecule has 116 valence electrons. The maximum atomic E-state index is 12.0. The highest BCUT2D eigenvalue weighted by atomic mass is 16.2. The van der Waals surface area contributed by atoms with Gasteiger partial charge in [-0.05, 0) is 31.9 Å². The molecule has 0 unspecified atom stereocenters. The molecule has 1 amide bonds. The van der Waals surface area contributed by atoms with Gasteiger partial charge in [0.1, 0.15) is 0 Å². The fourth-order valence-electron chi connectivity index (χ4n) is 3.46. The Morgan fingerprint density at radius 1 is 1.43 bits per heavy atom. The van der Waals surface area contributed by atoms with E-state index in [0.717, 1.165) is 51.3 Å². The maximum Gasteiger partial charge on any atom is 0.236 e. The van der Waals surface area contributed by atoms with Gasteiger partial charge in [0.15, 0.2) is 0 Å². The Hall–Kier alpha value is -1.40. The lowest BCUT2D eigenvalue weighted by Crippen LogP contribution is -2.56. The summed E-state index contributed by atoms with van der Waals surface area (Å²) in [4.78, 5) is 16.6. The first-order chi connectivity index (χ1) is 10.1. The van der Waals surface area contributed by atoms with E-state index in [1.807, 2.05) is 11.7 Å². The van der Waals surface area contributed by atoms with Crippen LogP contribution in [-0.4, -0.2) is 64.3 Å². The van der Waals surface area contributed by atoms with E-state index in [-0.39, 0.29) is 5.91 Å². The second-order valence-corrected chi connectivity index (χ2v) is 6.23. The van der Waals surface area contributed by atoms with E-state index >= 15 is 0 Å². The molecule has 2 aliphatic heterocycles. The zero-order valence-corrected chi connectivity index (χ0v) is 13.0. The molecular formula is C15H25N5O. The van der Waals surface area contributed by atoms with E-state index in [4.69, 9.17) is 0 Å². The minimum atomic E-state index is 0.252. The summed E-state index contributed by atoms with van der Waals surface area (Å²) in [5.74, 6) is 0.252. The molecule has 1 aromatic heterocycles. The summed E-state index contributed by atoms with van der Waals surface area (Å²) in [5, 5.41) is 7.69. The van der Waals surface area contributed by atoms with Crippen LogP contribution in [0.3, 0.4) is 0 Å². The van der Waals surface area contributed by atoms with Crippen LogP contribution in [0.2, 0.25) is 0 Å². The van der Waals surface area contributed by atoms with Gasteiger partial charge in [0.2, 0.25) is 5.91 Å². The molecule has 0 saturated carbocycles. The number of amides is 1. The lowest BCUT2D eigenvalue weighted by molar-refractivity contribution is -0.135. The van der Waals surface area contributed by atoms with Crippen LogP contribution in [0.25, 0.3) is 0 Å². The van der Waals surface area contributed by atoms with Crippen molar-refractivity contribution in [3.63, 3.8) is 0 Å². The summed E-state index contributed by atoms with van der Waals surface area (Å²) < 4.78 is 1.88. The Labute approximate surface area is 126 Å². The highest BCUT2D eigenvalue weighted by molar-refractivity contribution is 5.79. The van der Waals surface area contributed by atoms with Crippen molar-refractivity contribution < 1.29 is 4.79 Å². The van der Waals surface area contributed by atoms with Crippen molar-refractivity contribution in [1.82, 2.24) is 24.9 Å². The molecule has 2 aliphatic rings. The number of nitrogens with zero attached hydrogens (tertiary/aromatic N) is 4. The van der Waals surface area contributed by atoms with Crippen LogP contribution in [0, 0.1) is 6.92 Å². The summed E-state index contributed by atoms with van der Waals surface area (Å²) in [7, 11) is 1.97. The van der Waals surface area contributed by atoms with Crippen molar-refractivity contribution in [2.45, 2.75) is 32.4 Å². The lowest BCUT2D eigenvalue weighted by atomic mass is 10.0. The number of aromatic nitrogens is 2. The number of carbonyl (C=O) groups excluding carboxylic acids is 1. The number of hydrogen-bond acceptors (Lipinski definition) is 4. The fraction of sp³-hybridized carbons (Fsp3) is 0.733. The van der Waals surface area contributed by atoms with E-state index in [2.05, 4.69) is 33.3 Å². The first kappa shape index (κ1) is 14.5. The van der Waals surface area contributed by atoms with Crippen molar-refractivity contribution in [1.29, 1.82) is 0 Å². The van der Waals surface area contributed by atoms with E-state index in [0.29, 0.717) is 12.6 Å². The van der Waals surface area contributed by atoms with Crippen molar-refractivity contribution in [3.8, 4) is 0 Å². The molecular weight excluding hydrogens is 266 g/mol. The van der Waals surface area contributed by atoms with Gasteiger partial charge >= 0.3 is 0 Å². The second-order valence-electron chi connectivity index (χ2n) is 6.23. The van der Waals surface area contributed by atoms with Crippen molar-refractivity contribution in [3.05, 3.63) is 17.5 Å². The Balaban J connectivity index is 1.62. The molecule has 2 saturated heterocycles. The molecule has 0 spiro atoms. The van der Waals surface area contributed by atoms with Gasteiger partial charge in [-0.1, -0.05) is 0 Å². The number of piperidine rings is 1. The van der Waals surface area contributed by atoms with Crippen LogP contribution in [-0.2, 0) is 18.4 Å². The number of likely N-dealkylation sites (tertiary alicyclic amines) is 1. The fourth-order valence-corrected chi connectivity index (χ4v) is 3.46. The van der Waals surface area contributed by atoms with E-state index in [1.165, 1.54) is 5.56 Å². The zero-order valence-electron chi connectivity index (χ0n) is 13.0. The van der Waals surface area contributed by atoms with Crippen LogP contribution >= 0.6 is 0 Å². The molecule has 0 aromatic carbocycles. The molecule has 6 nitrogen and oxygen atoms in total. The highest BCUT2D eigenvalue weighted by Gasteiger charge is 2.30. The summed E-state index contributed by atoms with van der Waals surface area (Å²) >= 11 is 0.